The molecule has 7 heteroatoms. The van der Waals surface area contributed by atoms with Gasteiger partial charge in [-0.1, -0.05) is 35.9 Å². The van der Waals surface area contributed by atoms with Crippen LogP contribution in [0.2, 0.25) is 5.02 Å². The Balaban J connectivity index is 1.65. The Kier molecular flexibility index (Phi) is 8.45. The summed E-state index contributed by atoms with van der Waals surface area (Å²) in [4.78, 5) is 23.5. The van der Waals surface area contributed by atoms with E-state index in [9.17, 15) is 9.59 Å². The van der Waals surface area contributed by atoms with Crippen molar-refractivity contribution < 1.29 is 23.8 Å². The fourth-order valence-electron chi connectivity index (χ4n) is 2.26. The molecular formula is C20H22ClNO5. The summed E-state index contributed by atoms with van der Waals surface area (Å²) in [5, 5.41) is 3.34. The van der Waals surface area contributed by atoms with Gasteiger partial charge in [-0.3, -0.25) is 4.79 Å². The Morgan fingerprint density at radius 2 is 1.74 bits per heavy atom. The van der Waals surface area contributed by atoms with Crippen LogP contribution in [0.5, 0.6) is 11.5 Å². The lowest BCUT2D eigenvalue weighted by molar-refractivity contribution is -0.150. The lowest BCUT2D eigenvalue weighted by Gasteiger charge is -2.11. The Morgan fingerprint density at radius 1 is 1.00 bits per heavy atom. The molecule has 1 N–H and O–H groups in total. The molecule has 1 amide bonds. The summed E-state index contributed by atoms with van der Waals surface area (Å²) < 4.78 is 15.7. The van der Waals surface area contributed by atoms with Crippen LogP contribution < -0.4 is 14.8 Å². The fourth-order valence-corrected chi connectivity index (χ4v) is 2.47. The Labute approximate surface area is 163 Å². The summed E-state index contributed by atoms with van der Waals surface area (Å²) >= 11 is 5.91. The van der Waals surface area contributed by atoms with Crippen molar-refractivity contribution in [1.82, 2.24) is 5.32 Å². The third-order valence-electron chi connectivity index (χ3n) is 3.48. The van der Waals surface area contributed by atoms with Crippen molar-refractivity contribution in [3.63, 3.8) is 0 Å². The number of carbonyl (C=O) groups excluding carboxylic acids is 2. The third kappa shape index (κ3) is 7.58. The van der Waals surface area contributed by atoms with Crippen LogP contribution in [0.25, 0.3) is 0 Å². The fraction of sp³-hybridized carbons (Fsp3) is 0.300. The summed E-state index contributed by atoms with van der Waals surface area (Å²) in [6.45, 7) is 2.11. The molecule has 0 bridgehead atoms. The number of para-hydroxylation sites is 2. The van der Waals surface area contributed by atoms with Crippen LogP contribution in [-0.4, -0.2) is 38.2 Å². The van der Waals surface area contributed by atoms with E-state index in [1.54, 1.807) is 24.3 Å². The van der Waals surface area contributed by atoms with Gasteiger partial charge in [0.2, 0.25) is 0 Å². The number of ether oxygens (including phenoxy) is 3. The summed E-state index contributed by atoms with van der Waals surface area (Å²) in [6, 6.07) is 14.4. The zero-order chi connectivity index (χ0) is 19.5. The Bertz CT molecular complexity index is 766. The van der Waals surface area contributed by atoms with E-state index >= 15 is 0 Å². The number of rotatable bonds is 10. The normalized spacial score (nSPS) is 10.1. The van der Waals surface area contributed by atoms with Crippen molar-refractivity contribution in [1.29, 1.82) is 0 Å². The molecule has 0 unspecified atom stereocenters. The highest BCUT2D eigenvalue weighted by atomic mass is 35.5. The average molecular weight is 392 g/mol. The van der Waals surface area contributed by atoms with Gasteiger partial charge in [0.15, 0.2) is 24.7 Å². The van der Waals surface area contributed by atoms with Gasteiger partial charge in [-0.25, -0.2) is 4.79 Å². The molecule has 6 nitrogen and oxygen atoms in total. The molecule has 0 heterocycles. The predicted octanol–water partition coefficient (Wildman–Crippen LogP) is 3.02. The van der Waals surface area contributed by atoms with Gasteiger partial charge in [0.25, 0.3) is 5.91 Å². The maximum Gasteiger partial charge on any atom is 0.344 e. The molecule has 0 fully saturated rings. The van der Waals surface area contributed by atoms with Gasteiger partial charge < -0.3 is 19.5 Å². The quantitative estimate of drug-likeness (QED) is 0.630. The van der Waals surface area contributed by atoms with E-state index in [1.807, 2.05) is 31.2 Å². The van der Waals surface area contributed by atoms with Gasteiger partial charge in [-0.05, 0) is 43.2 Å². The molecule has 0 aliphatic carbocycles. The molecule has 0 saturated carbocycles. The number of hydrogen-bond acceptors (Lipinski definition) is 5. The zero-order valence-electron chi connectivity index (χ0n) is 15.1. The first-order valence-corrected chi connectivity index (χ1v) is 8.97. The number of benzene rings is 2. The summed E-state index contributed by atoms with van der Waals surface area (Å²) in [7, 11) is 0. The molecule has 144 valence electrons. The largest absolute Gasteiger partial charge is 0.490 e. The van der Waals surface area contributed by atoms with E-state index in [4.69, 9.17) is 25.8 Å². The second kappa shape index (κ2) is 11.1. The maximum absolute atomic E-state index is 11.7. The molecule has 2 aromatic rings. The number of amides is 1. The summed E-state index contributed by atoms with van der Waals surface area (Å²) in [5.41, 5.74) is 1.01. The Morgan fingerprint density at radius 3 is 2.44 bits per heavy atom. The molecular weight excluding hydrogens is 370 g/mol. The van der Waals surface area contributed by atoms with Gasteiger partial charge in [0.05, 0.1) is 6.61 Å². The van der Waals surface area contributed by atoms with Gasteiger partial charge in [0.1, 0.15) is 0 Å². The minimum atomic E-state index is -0.633. The number of nitrogens with one attached hydrogen (secondary N) is 1. The molecule has 0 aliphatic heterocycles. The smallest absolute Gasteiger partial charge is 0.344 e. The molecule has 2 rings (SSSR count). The van der Waals surface area contributed by atoms with Gasteiger partial charge >= 0.3 is 5.97 Å². The molecule has 0 atom stereocenters. The van der Waals surface area contributed by atoms with Crippen molar-refractivity contribution in [2.24, 2.45) is 0 Å². The SMILES string of the molecule is CCOc1ccccc1OCC(=O)OCC(=O)NCCc1cccc(Cl)c1. The van der Waals surface area contributed by atoms with Crippen molar-refractivity contribution in [3.05, 3.63) is 59.1 Å². The van der Waals surface area contributed by atoms with Crippen LogP contribution in [0, 0.1) is 0 Å². The van der Waals surface area contributed by atoms with Crippen molar-refractivity contribution >= 4 is 23.5 Å². The highest BCUT2D eigenvalue weighted by molar-refractivity contribution is 6.30. The monoisotopic (exact) mass is 391 g/mol. The molecule has 0 saturated heterocycles. The first kappa shape index (κ1) is 20.6. The van der Waals surface area contributed by atoms with Crippen molar-refractivity contribution in [2.45, 2.75) is 13.3 Å². The van der Waals surface area contributed by atoms with E-state index < -0.39 is 5.97 Å². The third-order valence-corrected chi connectivity index (χ3v) is 3.72. The standard InChI is InChI=1S/C20H22ClNO5/c1-2-25-17-8-3-4-9-18(17)26-14-20(24)27-13-19(23)22-11-10-15-6-5-7-16(21)12-15/h3-9,12H,2,10-11,13-14H2,1H3,(H,22,23). The van der Waals surface area contributed by atoms with Crippen LogP contribution in [0.4, 0.5) is 0 Å². The van der Waals surface area contributed by atoms with E-state index in [0.717, 1.165) is 5.56 Å². The highest BCUT2D eigenvalue weighted by Gasteiger charge is 2.10. The molecule has 2 aromatic carbocycles. The first-order valence-electron chi connectivity index (χ1n) is 8.60. The van der Waals surface area contributed by atoms with Gasteiger partial charge in [-0.15, -0.1) is 0 Å². The molecule has 27 heavy (non-hydrogen) atoms. The second-order valence-electron chi connectivity index (χ2n) is 5.56. The number of halogens is 1. The lowest BCUT2D eigenvalue weighted by atomic mass is 10.1. The van der Waals surface area contributed by atoms with E-state index in [2.05, 4.69) is 5.32 Å². The lowest BCUT2D eigenvalue weighted by Crippen LogP contribution is -2.31. The molecule has 0 aromatic heterocycles. The van der Waals surface area contributed by atoms with E-state index in [1.165, 1.54) is 0 Å². The van der Waals surface area contributed by atoms with Crippen LogP contribution in [-0.2, 0) is 20.7 Å². The van der Waals surface area contributed by atoms with Crippen molar-refractivity contribution in [3.8, 4) is 11.5 Å². The maximum atomic E-state index is 11.7. The van der Waals surface area contributed by atoms with Crippen LogP contribution in [0.3, 0.4) is 0 Å². The topological polar surface area (TPSA) is 73.9 Å². The predicted molar refractivity (Wildman–Crippen MR) is 102 cm³/mol. The van der Waals surface area contributed by atoms with E-state index in [0.29, 0.717) is 36.1 Å². The number of hydrogen-bond donors (Lipinski definition) is 1. The number of esters is 1. The first-order chi connectivity index (χ1) is 13.1. The van der Waals surface area contributed by atoms with E-state index in [-0.39, 0.29) is 19.1 Å². The number of carbonyl (C=O) groups is 2. The summed E-state index contributed by atoms with van der Waals surface area (Å²) in [6.07, 6.45) is 0.636. The second-order valence-corrected chi connectivity index (χ2v) is 6.00. The minimum absolute atomic E-state index is 0.306. The minimum Gasteiger partial charge on any atom is -0.490 e. The molecule has 0 radical (unpaired) electrons. The zero-order valence-corrected chi connectivity index (χ0v) is 15.8. The van der Waals surface area contributed by atoms with Gasteiger partial charge in [0, 0.05) is 11.6 Å². The van der Waals surface area contributed by atoms with Crippen LogP contribution >= 0.6 is 11.6 Å². The van der Waals surface area contributed by atoms with Crippen LogP contribution in [0.15, 0.2) is 48.5 Å². The van der Waals surface area contributed by atoms with Crippen molar-refractivity contribution in [2.75, 3.05) is 26.4 Å². The summed E-state index contributed by atoms with van der Waals surface area (Å²) in [5.74, 6) is -0.0137. The van der Waals surface area contributed by atoms with Gasteiger partial charge in [-0.2, -0.15) is 0 Å². The molecule has 0 aliphatic rings. The highest BCUT2D eigenvalue weighted by Crippen LogP contribution is 2.26. The average Bonchev–Trinajstić information content (AvgIpc) is 2.66. The van der Waals surface area contributed by atoms with Crippen LogP contribution in [0.1, 0.15) is 12.5 Å². The Hall–Kier alpha value is -2.73. The molecule has 0 spiro atoms.